The summed E-state index contributed by atoms with van der Waals surface area (Å²) in [6.07, 6.45) is 1.28. The van der Waals surface area contributed by atoms with Gasteiger partial charge in [0.25, 0.3) is 11.7 Å². The van der Waals surface area contributed by atoms with E-state index in [2.05, 4.69) is 5.32 Å². The Hall–Kier alpha value is -0.164. The molecular weight excluding hydrogens is 364 g/mol. The van der Waals surface area contributed by atoms with E-state index in [1.54, 1.807) is 0 Å². The van der Waals surface area contributed by atoms with Crippen molar-refractivity contribution in [2.75, 3.05) is 0 Å². The summed E-state index contributed by atoms with van der Waals surface area (Å²) in [4.78, 5) is 33.4. The number of hydrogen-bond donors (Lipinski definition) is 4. The van der Waals surface area contributed by atoms with Crippen molar-refractivity contribution in [3.63, 3.8) is 0 Å². The van der Waals surface area contributed by atoms with E-state index in [1.807, 2.05) is 0 Å². The van der Waals surface area contributed by atoms with Gasteiger partial charge in [0.1, 0.15) is 11.3 Å². The second-order valence-corrected chi connectivity index (χ2v) is 4.49. The molecule has 0 saturated heterocycles. The summed E-state index contributed by atoms with van der Waals surface area (Å²) in [5, 5.41) is 29.9. The standard InChI is InChI=1S/C13H8ClNO6.K.Na/c14-6-3-5(1-2-8(6)16)4-7-10(17)9(12(19)15-7)11(18)13(20)21;;/h1-4,16-17H,(H,15,19)(H,20,21);;/q;2*+1/b7-4-;;. The third kappa shape index (κ3) is 5.15. The van der Waals surface area contributed by atoms with Crippen molar-refractivity contribution in [2.24, 2.45) is 0 Å². The third-order valence-electron chi connectivity index (χ3n) is 2.67. The Balaban J connectivity index is 0.00000242. The quantitative estimate of drug-likeness (QED) is 0.240. The fourth-order valence-corrected chi connectivity index (χ4v) is 1.88. The maximum Gasteiger partial charge on any atom is 1.00 e. The fourth-order valence-electron chi connectivity index (χ4n) is 1.69. The number of carbonyl (C=O) groups excluding carboxylic acids is 2. The van der Waals surface area contributed by atoms with Crippen molar-refractivity contribution >= 4 is 35.3 Å². The van der Waals surface area contributed by atoms with Crippen LogP contribution in [0.2, 0.25) is 5.02 Å². The van der Waals surface area contributed by atoms with E-state index in [0.29, 0.717) is 5.56 Å². The zero-order valence-electron chi connectivity index (χ0n) is 12.3. The molecule has 0 aliphatic carbocycles. The molecule has 108 valence electrons. The van der Waals surface area contributed by atoms with Gasteiger partial charge in [0.15, 0.2) is 5.76 Å². The molecule has 1 aromatic rings. The molecule has 0 bridgehead atoms. The van der Waals surface area contributed by atoms with E-state index in [1.165, 1.54) is 24.3 Å². The first-order valence-corrected chi connectivity index (χ1v) is 5.92. The minimum atomic E-state index is -1.85. The number of carboxylic acid groups (broad SMARTS) is 1. The summed E-state index contributed by atoms with van der Waals surface area (Å²) in [5.74, 6) is -5.25. The molecule has 0 radical (unpaired) electrons. The number of phenolic OH excluding ortho intramolecular Hbond substituents is 1. The molecule has 2 rings (SSSR count). The minimum Gasteiger partial charge on any atom is -0.506 e. The second kappa shape index (κ2) is 9.35. The van der Waals surface area contributed by atoms with Crippen LogP contribution < -0.4 is 86.3 Å². The maximum atomic E-state index is 11.5. The average Bonchev–Trinajstić information content (AvgIpc) is 2.68. The molecule has 1 aliphatic heterocycles. The zero-order chi connectivity index (χ0) is 15.7. The number of phenols is 1. The maximum absolute atomic E-state index is 11.5. The molecule has 1 heterocycles. The monoisotopic (exact) mass is 371 g/mol. The first kappa shape index (κ1) is 22.8. The van der Waals surface area contributed by atoms with Crippen LogP contribution in [0.1, 0.15) is 5.56 Å². The summed E-state index contributed by atoms with van der Waals surface area (Å²) < 4.78 is 0. The number of Topliss-reactive ketones (excluding diaryl/α,β-unsaturated/α-hetero) is 1. The van der Waals surface area contributed by atoms with Crippen LogP contribution in [0.4, 0.5) is 0 Å². The molecule has 0 atom stereocenters. The van der Waals surface area contributed by atoms with E-state index in [4.69, 9.17) is 16.7 Å². The normalized spacial score (nSPS) is 14.8. The van der Waals surface area contributed by atoms with E-state index in [-0.39, 0.29) is 97.4 Å². The molecule has 7 nitrogen and oxygen atoms in total. The molecule has 0 fully saturated rings. The molecular formula is C13H8ClKNNaO6+2. The molecule has 1 aliphatic rings. The molecule has 0 saturated carbocycles. The van der Waals surface area contributed by atoms with Gasteiger partial charge in [-0.15, -0.1) is 0 Å². The number of nitrogens with one attached hydrogen (secondary N) is 1. The Kier molecular flexibility index (Phi) is 9.29. The molecule has 0 unspecified atom stereocenters. The zero-order valence-corrected chi connectivity index (χ0v) is 18.1. The Morgan fingerprint density at radius 1 is 1.22 bits per heavy atom. The Morgan fingerprint density at radius 3 is 2.35 bits per heavy atom. The summed E-state index contributed by atoms with van der Waals surface area (Å²) >= 11 is 5.71. The number of aliphatic carboxylic acids is 1. The fraction of sp³-hybridized carbons (Fsp3) is 0. The van der Waals surface area contributed by atoms with Gasteiger partial charge in [-0.2, -0.15) is 0 Å². The van der Waals surface area contributed by atoms with Gasteiger partial charge < -0.3 is 20.6 Å². The summed E-state index contributed by atoms with van der Waals surface area (Å²) in [7, 11) is 0. The van der Waals surface area contributed by atoms with Crippen LogP contribution in [0.5, 0.6) is 5.75 Å². The van der Waals surface area contributed by atoms with Crippen molar-refractivity contribution in [2.45, 2.75) is 0 Å². The van der Waals surface area contributed by atoms with E-state index >= 15 is 0 Å². The van der Waals surface area contributed by atoms with Crippen LogP contribution in [-0.4, -0.2) is 33.0 Å². The molecule has 0 spiro atoms. The summed E-state index contributed by atoms with van der Waals surface area (Å²) in [5.41, 5.74) is -0.548. The number of aliphatic hydroxyl groups is 1. The molecule has 10 heteroatoms. The number of halogens is 1. The number of ketones is 1. The van der Waals surface area contributed by atoms with Gasteiger partial charge in [-0.05, 0) is 23.8 Å². The van der Waals surface area contributed by atoms with E-state index in [9.17, 15) is 24.6 Å². The minimum absolute atomic E-state index is 0. The van der Waals surface area contributed by atoms with Gasteiger partial charge in [0, 0.05) is 0 Å². The number of benzene rings is 1. The number of rotatable bonds is 3. The number of carbonyl (C=O) groups is 3. The van der Waals surface area contributed by atoms with Gasteiger partial charge in [-0.3, -0.25) is 9.59 Å². The Labute approximate surface area is 200 Å². The smallest absolute Gasteiger partial charge is 0.506 e. The first-order valence-electron chi connectivity index (χ1n) is 5.54. The largest absolute Gasteiger partial charge is 1.00 e. The van der Waals surface area contributed by atoms with Crippen molar-refractivity contribution in [1.82, 2.24) is 5.32 Å². The SMILES string of the molecule is O=C(O)C(=O)C1=C(O)/C(=C/c2ccc(O)c(Cl)c2)NC1=O.[K+].[Na+]. The topological polar surface area (TPSA) is 124 Å². The van der Waals surface area contributed by atoms with Crippen LogP contribution in [0, 0.1) is 0 Å². The van der Waals surface area contributed by atoms with Gasteiger partial charge in [0.2, 0.25) is 0 Å². The number of aliphatic hydroxyl groups excluding tert-OH is 1. The second-order valence-electron chi connectivity index (χ2n) is 4.08. The average molecular weight is 372 g/mol. The van der Waals surface area contributed by atoms with Crippen LogP contribution in [-0.2, 0) is 14.4 Å². The van der Waals surface area contributed by atoms with Gasteiger partial charge >= 0.3 is 86.9 Å². The van der Waals surface area contributed by atoms with Crippen LogP contribution >= 0.6 is 11.6 Å². The van der Waals surface area contributed by atoms with E-state index in [0.717, 1.165) is 0 Å². The predicted octanol–water partition coefficient (Wildman–Crippen LogP) is -5.01. The summed E-state index contributed by atoms with van der Waals surface area (Å²) in [6.45, 7) is 0. The molecule has 1 aromatic carbocycles. The predicted molar refractivity (Wildman–Crippen MR) is 71.5 cm³/mol. The van der Waals surface area contributed by atoms with Gasteiger partial charge in [-0.25, -0.2) is 4.79 Å². The van der Waals surface area contributed by atoms with Gasteiger partial charge in [-0.1, -0.05) is 17.7 Å². The van der Waals surface area contributed by atoms with Gasteiger partial charge in [0.05, 0.1) is 10.7 Å². The number of carboxylic acids is 1. The number of aromatic hydroxyl groups is 1. The molecule has 23 heavy (non-hydrogen) atoms. The number of amides is 1. The molecule has 1 amide bonds. The number of hydrogen-bond acceptors (Lipinski definition) is 5. The van der Waals surface area contributed by atoms with Crippen molar-refractivity contribution in [3.8, 4) is 5.75 Å². The van der Waals surface area contributed by atoms with Crippen molar-refractivity contribution in [3.05, 3.63) is 45.8 Å². The van der Waals surface area contributed by atoms with Crippen molar-refractivity contribution < 1.29 is 111 Å². The van der Waals surface area contributed by atoms with E-state index < -0.39 is 29.0 Å². The Bertz CT molecular complexity index is 746. The first-order chi connectivity index (χ1) is 9.81. The summed E-state index contributed by atoms with van der Waals surface area (Å²) in [6, 6.07) is 4.11. The van der Waals surface area contributed by atoms with Crippen LogP contribution in [0.15, 0.2) is 35.2 Å². The van der Waals surface area contributed by atoms with Crippen LogP contribution in [0.3, 0.4) is 0 Å². The molecule has 0 aromatic heterocycles. The Morgan fingerprint density at radius 2 is 1.83 bits per heavy atom. The molecule has 4 N–H and O–H groups in total. The van der Waals surface area contributed by atoms with Crippen molar-refractivity contribution in [1.29, 1.82) is 0 Å². The van der Waals surface area contributed by atoms with Crippen LogP contribution in [0.25, 0.3) is 6.08 Å². The third-order valence-corrected chi connectivity index (χ3v) is 2.97.